The summed E-state index contributed by atoms with van der Waals surface area (Å²) < 4.78 is 10.2. The molecule has 23 heavy (non-hydrogen) atoms. The van der Waals surface area contributed by atoms with Crippen molar-refractivity contribution in [2.75, 3.05) is 7.11 Å². The van der Waals surface area contributed by atoms with Gasteiger partial charge in [-0.2, -0.15) is 0 Å². The molecular formula is C18H18O5. The molecule has 0 saturated heterocycles. The van der Waals surface area contributed by atoms with Gasteiger partial charge in [-0.3, -0.25) is 4.79 Å². The van der Waals surface area contributed by atoms with E-state index in [1.807, 2.05) is 0 Å². The van der Waals surface area contributed by atoms with Crippen LogP contribution in [0.15, 0.2) is 42.5 Å². The normalized spacial score (nSPS) is 10.4. The number of carbonyl (C=O) groups is 2. The zero-order valence-electron chi connectivity index (χ0n) is 13.2. The van der Waals surface area contributed by atoms with E-state index in [1.165, 1.54) is 19.2 Å². The predicted octanol–water partition coefficient (Wildman–Crippen LogP) is 3.20. The predicted molar refractivity (Wildman–Crippen MR) is 85.1 cm³/mol. The smallest absolute Gasteiger partial charge is 0.339 e. The third-order valence-electron chi connectivity index (χ3n) is 3.16. The van der Waals surface area contributed by atoms with Crippen LogP contribution in [0, 0.1) is 0 Å². The quantitative estimate of drug-likeness (QED) is 0.678. The van der Waals surface area contributed by atoms with E-state index in [0.29, 0.717) is 5.56 Å². The monoisotopic (exact) mass is 314 g/mol. The van der Waals surface area contributed by atoms with E-state index in [4.69, 9.17) is 9.47 Å². The van der Waals surface area contributed by atoms with E-state index >= 15 is 0 Å². The molecule has 2 aromatic rings. The van der Waals surface area contributed by atoms with E-state index in [0.717, 1.165) is 0 Å². The zero-order chi connectivity index (χ0) is 17.0. The van der Waals surface area contributed by atoms with Crippen molar-refractivity contribution < 1.29 is 24.2 Å². The van der Waals surface area contributed by atoms with Gasteiger partial charge in [0.15, 0.2) is 17.3 Å². The van der Waals surface area contributed by atoms with Gasteiger partial charge in [0.2, 0.25) is 0 Å². The first-order chi connectivity index (χ1) is 10.9. The van der Waals surface area contributed by atoms with Gasteiger partial charge >= 0.3 is 5.97 Å². The molecule has 0 saturated carbocycles. The number of phenolic OH excluding ortho intramolecular Hbond substituents is 1. The fourth-order valence-corrected chi connectivity index (χ4v) is 2.11. The summed E-state index contributed by atoms with van der Waals surface area (Å²) in [6, 6.07) is 11.1. The van der Waals surface area contributed by atoms with E-state index in [9.17, 15) is 14.7 Å². The molecule has 0 aromatic heterocycles. The molecule has 0 unspecified atom stereocenters. The third kappa shape index (κ3) is 3.69. The summed E-state index contributed by atoms with van der Waals surface area (Å²) in [6.07, 6.45) is -0.332. The lowest BCUT2D eigenvalue weighted by atomic mass is 9.97. The first-order valence-corrected chi connectivity index (χ1v) is 7.15. The highest BCUT2D eigenvalue weighted by Gasteiger charge is 2.23. The van der Waals surface area contributed by atoms with Crippen LogP contribution >= 0.6 is 0 Å². The molecule has 0 fully saturated rings. The number of ether oxygens (including phenoxy) is 2. The summed E-state index contributed by atoms with van der Waals surface area (Å²) >= 11 is 0. The number of carbonyl (C=O) groups excluding carboxylic acids is 2. The number of esters is 1. The molecule has 0 spiro atoms. The number of hydrogen-bond acceptors (Lipinski definition) is 5. The van der Waals surface area contributed by atoms with E-state index in [-0.39, 0.29) is 34.5 Å². The molecule has 1 N–H and O–H groups in total. The maximum absolute atomic E-state index is 12.6. The minimum absolute atomic E-state index is 0.0576. The SMILES string of the molecule is COc1cc(C(=O)OC(C)C)c(C(=O)c2ccccc2)cc1O. The Hall–Kier alpha value is -2.82. The maximum atomic E-state index is 12.6. The van der Waals surface area contributed by atoms with Gasteiger partial charge in [-0.15, -0.1) is 0 Å². The van der Waals surface area contributed by atoms with Crippen molar-refractivity contribution in [3.63, 3.8) is 0 Å². The molecule has 0 heterocycles. The molecule has 0 aliphatic heterocycles. The Morgan fingerprint density at radius 3 is 2.26 bits per heavy atom. The van der Waals surface area contributed by atoms with Crippen LogP contribution in [-0.4, -0.2) is 30.1 Å². The lowest BCUT2D eigenvalue weighted by Crippen LogP contribution is -2.16. The number of phenols is 1. The lowest BCUT2D eigenvalue weighted by molar-refractivity contribution is 0.0375. The topological polar surface area (TPSA) is 72.8 Å². The minimum atomic E-state index is -0.641. The summed E-state index contributed by atoms with van der Waals surface area (Å²) in [4.78, 5) is 24.9. The largest absolute Gasteiger partial charge is 0.504 e. The lowest BCUT2D eigenvalue weighted by Gasteiger charge is -2.13. The van der Waals surface area contributed by atoms with Gasteiger partial charge in [0.25, 0.3) is 0 Å². The highest BCUT2D eigenvalue weighted by molar-refractivity contribution is 6.15. The van der Waals surface area contributed by atoms with Crippen LogP contribution in [0.3, 0.4) is 0 Å². The Bertz CT molecular complexity index is 720. The Kier molecular flexibility index (Phi) is 5.01. The number of benzene rings is 2. The van der Waals surface area contributed by atoms with Gasteiger partial charge in [-0.05, 0) is 26.0 Å². The Morgan fingerprint density at radius 1 is 1.04 bits per heavy atom. The molecule has 120 valence electrons. The van der Waals surface area contributed by atoms with Crippen LogP contribution in [0.1, 0.15) is 40.1 Å². The second kappa shape index (κ2) is 6.96. The summed E-state index contributed by atoms with van der Waals surface area (Å²) in [6.45, 7) is 3.43. The average molecular weight is 314 g/mol. The maximum Gasteiger partial charge on any atom is 0.339 e. The van der Waals surface area contributed by atoms with Gasteiger partial charge < -0.3 is 14.6 Å². The molecule has 5 nitrogen and oxygen atoms in total. The molecule has 0 aliphatic rings. The molecule has 0 radical (unpaired) electrons. The van der Waals surface area contributed by atoms with Crippen molar-refractivity contribution in [1.29, 1.82) is 0 Å². The number of aromatic hydroxyl groups is 1. The second-order valence-corrected chi connectivity index (χ2v) is 5.22. The van der Waals surface area contributed by atoms with Crippen molar-refractivity contribution in [3.05, 3.63) is 59.2 Å². The highest BCUT2D eigenvalue weighted by Crippen LogP contribution is 2.31. The molecular weight excluding hydrogens is 296 g/mol. The Balaban J connectivity index is 2.55. The van der Waals surface area contributed by atoms with Crippen LogP contribution in [0.25, 0.3) is 0 Å². The van der Waals surface area contributed by atoms with Crippen molar-refractivity contribution in [1.82, 2.24) is 0 Å². The van der Waals surface area contributed by atoms with Gasteiger partial charge in [0.05, 0.1) is 18.8 Å². The highest BCUT2D eigenvalue weighted by atomic mass is 16.5. The molecule has 5 heteroatoms. The number of ketones is 1. The van der Waals surface area contributed by atoms with Gasteiger partial charge in [-0.25, -0.2) is 4.79 Å². The fourth-order valence-electron chi connectivity index (χ4n) is 2.11. The number of hydrogen-bond donors (Lipinski definition) is 1. The van der Waals surface area contributed by atoms with Gasteiger partial charge in [0, 0.05) is 11.1 Å². The van der Waals surface area contributed by atoms with Gasteiger partial charge in [-0.1, -0.05) is 30.3 Å². The number of rotatable bonds is 5. The van der Waals surface area contributed by atoms with Crippen LogP contribution in [-0.2, 0) is 4.74 Å². The molecule has 0 aliphatic carbocycles. The summed E-state index contributed by atoms with van der Waals surface area (Å²) in [5, 5.41) is 9.95. The molecule has 2 aromatic carbocycles. The summed E-state index contributed by atoms with van der Waals surface area (Å²) in [5.41, 5.74) is 0.540. The average Bonchev–Trinajstić information content (AvgIpc) is 2.54. The minimum Gasteiger partial charge on any atom is -0.504 e. The van der Waals surface area contributed by atoms with E-state index in [2.05, 4.69) is 0 Å². The van der Waals surface area contributed by atoms with Crippen molar-refractivity contribution in [3.8, 4) is 11.5 Å². The Morgan fingerprint density at radius 2 is 1.70 bits per heavy atom. The first-order valence-electron chi connectivity index (χ1n) is 7.15. The van der Waals surface area contributed by atoms with Crippen LogP contribution in [0.2, 0.25) is 0 Å². The van der Waals surface area contributed by atoms with Crippen LogP contribution in [0.4, 0.5) is 0 Å². The Labute approximate surface area is 134 Å². The van der Waals surface area contributed by atoms with E-state index in [1.54, 1.807) is 44.2 Å². The van der Waals surface area contributed by atoms with Crippen molar-refractivity contribution in [2.45, 2.75) is 20.0 Å². The van der Waals surface area contributed by atoms with Crippen molar-refractivity contribution >= 4 is 11.8 Å². The second-order valence-electron chi connectivity index (χ2n) is 5.22. The summed E-state index contributed by atoms with van der Waals surface area (Å²) in [5.74, 6) is -1.13. The first kappa shape index (κ1) is 16.5. The third-order valence-corrected chi connectivity index (χ3v) is 3.16. The molecule has 0 amide bonds. The molecule has 2 rings (SSSR count). The molecule has 0 atom stereocenters. The van der Waals surface area contributed by atoms with Crippen LogP contribution < -0.4 is 4.74 Å². The van der Waals surface area contributed by atoms with E-state index < -0.39 is 5.97 Å². The standard InChI is InChI=1S/C18H18O5/c1-11(2)23-18(21)14-10-16(22-3)15(19)9-13(14)17(20)12-7-5-4-6-8-12/h4-11,19H,1-3H3. The molecule has 0 bridgehead atoms. The number of methoxy groups -OCH3 is 1. The summed E-state index contributed by atoms with van der Waals surface area (Å²) in [7, 11) is 1.37. The van der Waals surface area contributed by atoms with Crippen molar-refractivity contribution in [2.24, 2.45) is 0 Å². The zero-order valence-corrected chi connectivity index (χ0v) is 13.2. The van der Waals surface area contributed by atoms with Crippen LogP contribution in [0.5, 0.6) is 11.5 Å². The fraction of sp³-hybridized carbons (Fsp3) is 0.222. The van der Waals surface area contributed by atoms with Gasteiger partial charge in [0.1, 0.15) is 0 Å².